The number of nitrogens with two attached hydrogens (primary N) is 1. The Morgan fingerprint density at radius 3 is 3.00 bits per heavy atom. The molecule has 5 nitrogen and oxygen atoms in total. The molecule has 0 radical (unpaired) electrons. The number of benzene rings is 1. The minimum Gasteiger partial charge on any atom is -0.271 e. The highest BCUT2D eigenvalue weighted by atomic mass is 15.4. The Morgan fingerprint density at radius 2 is 2.25 bits per heavy atom. The van der Waals surface area contributed by atoms with Gasteiger partial charge in [-0.15, -0.1) is 5.10 Å². The quantitative estimate of drug-likeness (QED) is 0.651. The molecule has 104 valence electrons. The van der Waals surface area contributed by atoms with Crippen molar-refractivity contribution in [3.63, 3.8) is 0 Å². The van der Waals surface area contributed by atoms with Crippen LogP contribution in [-0.4, -0.2) is 15.0 Å². The molecule has 3 N–H and O–H groups in total. The molecule has 1 saturated carbocycles. The molecule has 0 spiro atoms. The predicted molar refractivity (Wildman–Crippen MR) is 75.6 cm³/mol. The van der Waals surface area contributed by atoms with Gasteiger partial charge in [0.15, 0.2) is 0 Å². The molecule has 1 aromatic carbocycles. The maximum atomic E-state index is 5.83. The van der Waals surface area contributed by atoms with Gasteiger partial charge in [0.2, 0.25) is 0 Å². The molecule has 2 aromatic rings. The van der Waals surface area contributed by atoms with E-state index >= 15 is 0 Å². The molecular formula is C15H19N5. The SMILES string of the molecule is Cn1nncc1C(NN)C1C2CCc3ccccc3C21. The molecule has 4 unspecified atom stereocenters. The Hall–Kier alpha value is -1.72. The van der Waals surface area contributed by atoms with E-state index in [2.05, 4.69) is 40.0 Å². The van der Waals surface area contributed by atoms with Gasteiger partial charge in [0.1, 0.15) is 0 Å². The van der Waals surface area contributed by atoms with Crippen molar-refractivity contribution in [2.75, 3.05) is 0 Å². The fraction of sp³-hybridized carbons (Fsp3) is 0.467. The third-order valence-electron chi connectivity index (χ3n) is 5.02. The smallest absolute Gasteiger partial charge is 0.0769 e. The second kappa shape index (κ2) is 4.40. The molecule has 2 aliphatic carbocycles. The summed E-state index contributed by atoms with van der Waals surface area (Å²) in [6.45, 7) is 0. The highest BCUT2D eigenvalue weighted by molar-refractivity contribution is 5.40. The van der Waals surface area contributed by atoms with Crippen molar-refractivity contribution in [2.24, 2.45) is 24.7 Å². The maximum Gasteiger partial charge on any atom is 0.0769 e. The topological polar surface area (TPSA) is 68.8 Å². The van der Waals surface area contributed by atoms with Gasteiger partial charge in [-0.2, -0.15) is 0 Å². The zero-order valence-electron chi connectivity index (χ0n) is 11.5. The fourth-order valence-electron chi connectivity index (χ4n) is 4.05. The largest absolute Gasteiger partial charge is 0.271 e. The first-order valence-corrected chi connectivity index (χ1v) is 7.19. The molecular weight excluding hydrogens is 250 g/mol. The van der Waals surface area contributed by atoms with Crippen LogP contribution in [0.3, 0.4) is 0 Å². The number of aryl methyl sites for hydroxylation is 2. The van der Waals surface area contributed by atoms with Crippen LogP contribution < -0.4 is 11.3 Å². The summed E-state index contributed by atoms with van der Waals surface area (Å²) in [6.07, 6.45) is 4.27. The van der Waals surface area contributed by atoms with Gasteiger partial charge >= 0.3 is 0 Å². The Bertz CT molecular complexity index is 635. The number of hydrogen-bond acceptors (Lipinski definition) is 4. The molecule has 20 heavy (non-hydrogen) atoms. The van der Waals surface area contributed by atoms with Crippen LogP contribution in [0.15, 0.2) is 30.5 Å². The first-order chi connectivity index (χ1) is 9.81. The van der Waals surface area contributed by atoms with Crippen molar-refractivity contribution in [3.05, 3.63) is 47.3 Å². The van der Waals surface area contributed by atoms with E-state index in [1.165, 1.54) is 24.0 Å². The van der Waals surface area contributed by atoms with Gasteiger partial charge in [-0.05, 0) is 41.7 Å². The van der Waals surface area contributed by atoms with Gasteiger partial charge in [0.05, 0.1) is 17.9 Å². The fourth-order valence-corrected chi connectivity index (χ4v) is 4.05. The van der Waals surface area contributed by atoms with Crippen LogP contribution in [0.5, 0.6) is 0 Å². The number of nitrogens with zero attached hydrogens (tertiary/aromatic N) is 3. The second-order valence-corrected chi connectivity index (χ2v) is 5.93. The van der Waals surface area contributed by atoms with Crippen LogP contribution in [0, 0.1) is 11.8 Å². The summed E-state index contributed by atoms with van der Waals surface area (Å²) < 4.78 is 1.82. The van der Waals surface area contributed by atoms with Crippen molar-refractivity contribution < 1.29 is 0 Å². The van der Waals surface area contributed by atoms with Crippen LogP contribution in [0.4, 0.5) is 0 Å². The number of fused-ring (bicyclic) bond motifs is 3. The van der Waals surface area contributed by atoms with Crippen molar-refractivity contribution in [3.8, 4) is 0 Å². The van der Waals surface area contributed by atoms with E-state index in [0.717, 1.165) is 11.6 Å². The molecule has 0 aliphatic heterocycles. The average Bonchev–Trinajstić information content (AvgIpc) is 3.06. The lowest BCUT2D eigenvalue weighted by Gasteiger charge is -2.16. The lowest BCUT2D eigenvalue weighted by Crippen LogP contribution is -2.31. The summed E-state index contributed by atoms with van der Waals surface area (Å²) in [5.41, 5.74) is 7.09. The summed E-state index contributed by atoms with van der Waals surface area (Å²) >= 11 is 0. The number of hydrazine groups is 1. The minimum absolute atomic E-state index is 0.135. The summed E-state index contributed by atoms with van der Waals surface area (Å²) in [6, 6.07) is 8.96. The Balaban J connectivity index is 1.67. The highest BCUT2D eigenvalue weighted by Gasteiger charge is 2.57. The standard InChI is InChI=1S/C15H19N5/c1-20-12(8-17-19-20)15(18-16)14-11-7-6-9-4-2-3-5-10(9)13(11)14/h2-5,8,11,13-15,18H,6-7,16H2,1H3. The zero-order chi connectivity index (χ0) is 13.7. The van der Waals surface area contributed by atoms with Crippen molar-refractivity contribution in [2.45, 2.75) is 24.8 Å². The van der Waals surface area contributed by atoms with Crippen LogP contribution in [-0.2, 0) is 13.5 Å². The van der Waals surface area contributed by atoms with Gasteiger partial charge in [-0.3, -0.25) is 16.0 Å². The maximum absolute atomic E-state index is 5.83. The van der Waals surface area contributed by atoms with E-state index in [-0.39, 0.29) is 6.04 Å². The number of nitrogens with one attached hydrogen (secondary N) is 1. The molecule has 4 rings (SSSR count). The molecule has 1 fully saturated rings. The van der Waals surface area contributed by atoms with E-state index in [4.69, 9.17) is 5.84 Å². The summed E-state index contributed by atoms with van der Waals surface area (Å²) in [5, 5.41) is 8.01. The normalized spacial score (nSPS) is 28.6. The van der Waals surface area contributed by atoms with Crippen LogP contribution in [0.2, 0.25) is 0 Å². The third kappa shape index (κ3) is 1.63. The van der Waals surface area contributed by atoms with Crippen LogP contribution in [0.1, 0.15) is 35.2 Å². The van der Waals surface area contributed by atoms with Crippen LogP contribution in [0.25, 0.3) is 0 Å². The molecule has 4 atom stereocenters. The molecule has 1 heterocycles. The van der Waals surface area contributed by atoms with Gasteiger partial charge in [-0.1, -0.05) is 29.5 Å². The van der Waals surface area contributed by atoms with E-state index in [1.54, 1.807) is 0 Å². The molecule has 2 aliphatic rings. The Morgan fingerprint density at radius 1 is 1.40 bits per heavy atom. The van der Waals surface area contributed by atoms with E-state index in [0.29, 0.717) is 11.8 Å². The summed E-state index contributed by atoms with van der Waals surface area (Å²) in [5.74, 6) is 7.76. The second-order valence-electron chi connectivity index (χ2n) is 5.93. The van der Waals surface area contributed by atoms with Crippen molar-refractivity contribution >= 4 is 0 Å². The van der Waals surface area contributed by atoms with Gasteiger partial charge in [0, 0.05) is 7.05 Å². The number of aromatic nitrogens is 3. The molecule has 0 bridgehead atoms. The average molecular weight is 269 g/mol. The minimum atomic E-state index is 0.135. The lowest BCUT2D eigenvalue weighted by atomic mass is 9.92. The number of rotatable bonds is 3. The third-order valence-corrected chi connectivity index (χ3v) is 5.02. The van der Waals surface area contributed by atoms with Gasteiger partial charge < -0.3 is 0 Å². The molecule has 1 aromatic heterocycles. The van der Waals surface area contributed by atoms with Crippen molar-refractivity contribution in [1.82, 2.24) is 20.4 Å². The number of hydrogen-bond donors (Lipinski definition) is 2. The Labute approximate surface area is 118 Å². The van der Waals surface area contributed by atoms with Crippen LogP contribution >= 0.6 is 0 Å². The summed E-state index contributed by atoms with van der Waals surface area (Å²) in [4.78, 5) is 0. The summed E-state index contributed by atoms with van der Waals surface area (Å²) in [7, 11) is 1.92. The van der Waals surface area contributed by atoms with E-state index in [9.17, 15) is 0 Å². The first-order valence-electron chi connectivity index (χ1n) is 7.19. The molecule has 0 amide bonds. The highest BCUT2D eigenvalue weighted by Crippen LogP contribution is 2.63. The van der Waals surface area contributed by atoms with Crippen molar-refractivity contribution in [1.29, 1.82) is 0 Å². The van der Waals surface area contributed by atoms with E-state index in [1.807, 2.05) is 17.9 Å². The van der Waals surface area contributed by atoms with Gasteiger partial charge in [-0.25, -0.2) is 0 Å². The molecule has 5 heteroatoms. The van der Waals surface area contributed by atoms with E-state index < -0.39 is 0 Å². The predicted octanol–water partition coefficient (Wildman–Crippen LogP) is 1.30. The Kier molecular flexibility index (Phi) is 2.65. The monoisotopic (exact) mass is 269 g/mol. The molecule has 0 saturated heterocycles. The zero-order valence-corrected chi connectivity index (χ0v) is 11.5. The first kappa shape index (κ1) is 12.1. The van der Waals surface area contributed by atoms with Gasteiger partial charge in [0.25, 0.3) is 0 Å². The lowest BCUT2D eigenvalue weighted by molar-refractivity contribution is 0.432.